The van der Waals surface area contributed by atoms with Crippen LogP contribution in [0.4, 0.5) is 5.82 Å². The molecule has 5 heteroatoms. The van der Waals surface area contributed by atoms with Crippen LogP contribution in [0.2, 0.25) is 0 Å². The van der Waals surface area contributed by atoms with Gasteiger partial charge in [-0.15, -0.1) is 10.2 Å². The Morgan fingerprint density at radius 2 is 2.05 bits per heavy atom. The minimum absolute atomic E-state index is 0.462. The SMILES string of the molecule is Brc1ccccc1-c1ccc(NC2CCNC2)nn1. The number of benzene rings is 1. The van der Waals surface area contributed by atoms with E-state index in [1.807, 2.05) is 36.4 Å². The van der Waals surface area contributed by atoms with Crippen molar-refractivity contribution in [1.82, 2.24) is 15.5 Å². The second-order valence-electron chi connectivity index (χ2n) is 4.62. The standard InChI is InChI=1S/C14H15BrN4/c15-12-4-2-1-3-11(12)13-5-6-14(19-18-13)17-10-7-8-16-9-10/h1-6,10,16H,7-9H2,(H,17,19). The van der Waals surface area contributed by atoms with E-state index in [0.717, 1.165) is 41.1 Å². The number of rotatable bonds is 3. The fourth-order valence-corrected chi connectivity index (χ4v) is 2.70. The summed E-state index contributed by atoms with van der Waals surface area (Å²) in [4.78, 5) is 0. The molecule has 0 amide bonds. The molecule has 1 fully saturated rings. The lowest BCUT2D eigenvalue weighted by atomic mass is 10.1. The van der Waals surface area contributed by atoms with Crippen molar-refractivity contribution in [3.05, 3.63) is 40.9 Å². The van der Waals surface area contributed by atoms with Crippen molar-refractivity contribution in [2.24, 2.45) is 0 Å². The molecule has 2 heterocycles. The molecular weight excluding hydrogens is 304 g/mol. The number of hydrogen-bond acceptors (Lipinski definition) is 4. The van der Waals surface area contributed by atoms with Crippen LogP contribution in [-0.4, -0.2) is 29.3 Å². The zero-order chi connectivity index (χ0) is 13.1. The minimum atomic E-state index is 0.462. The summed E-state index contributed by atoms with van der Waals surface area (Å²) in [5.74, 6) is 0.838. The van der Waals surface area contributed by atoms with Gasteiger partial charge in [0.05, 0.1) is 5.69 Å². The Morgan fingerprint density at radius 1 is 1.16 bits per heavy atom. The zero-order valence-corrected chi connectivity index (χ0v) is 12.0. The van der Waals surface area contributed by atoms with Gasteiger partial charge in [-0.2, -0.15) is 0 Å². The normalized spacial score (nSPS) is 18.5. The van der Waals surface area contributed by atoms with Gasteiger partial charge in [0.15, 0.2) is 0 Å². The molecule has 1 aliphatic heterocycles. The van der Waals surface area contributed by atoms with Crippen molar-refractivity contribution in [2.75, 3.05) is 18.4 Å². The zero-order valence-electron chi connectivity index (χ0n) is 10.4. The van der Waals surface area contributed by atoms with Crippen molar-refractivity contribution in [2.45, 2.75) is 12.5 Å². The highest BCUT2D eigenvalue weighted by Gasteiger charge is 2.14. The summed E-state index contributed by atoms with van der Waals surface area (Å²) in [5.41, 5.74) is 1.94. The van der Waals surface area contributed by atoms with Gasteiger partial charge >= 0.3 is 0 Å². The molecule has 19 heavy (non-hydrogen) atoms. The lowest BCUT2D eigenvalue weighted by molar-refractivity contribution is 0.783. The molecule has 1 atom stereocenters. The van der Waals surface area contributed by atoms with Gasteiger partial charge in [0, 0.05) is 22.6 Å². The lowest BCUT2D eigenvalue weighted by Crippen LogP contribution is -2.22. The van der Waals surface area contributed by atoms with Crippen molar-refractivity contribution < 1.29 is 0 Å². The van der Waals surface area contributed by atoms with E-state index in [1.165, 1.54) is 0 Å². The van der Waals surface area contributed by atoms with Crippen LogP contribution in [0.25, 0.3) is 11.3 Å². The third-order valence-corrected chi connectivity index (χ3v) is 3.92. The second-order valence-corrected chi connectivity index (χ2v) is 5.47. The third kappa shape index (κ3) is 2.93. The van der Waals surface area contributed by atoms with Crippen LogP contribution in [0.5, 0.6) is 0 Å². The van der Waals surface area contributed by atoms with Crippen LogP contribution in [0.15, 0.2) is 40.9 Å². The van der Waals surface area contributed by atoms with Crippen LogP contribution in [-0.2, 0) is 0 Å². The van der Waals surface area contributed by atoms with Crippen molar-refractivity contribution in [1.29, 1.82) is 0 Å². The average molecular weight is 319 g/mol. The largest absolute Gasteiger partial charge is 0.365 e. The molecule has 0 spiro atoms. The molecule has 3 rings (SSSR count). The molecule has 2 aromatic rings. The van der Waals surface area contributed by atoms with E-state index in [-0.39, 0.29) is 0 Å². The van der Waals surface area contributed by atoms with Gasteiger partial charge in [0.2, 0.25) is 0 Å². The lowest BCUT2D eigenvalue weighted by Gasteiger charge is -2.11. The molecule has 0 bridgehead atoms. The molecule has 1 aromatic carbocycles. The molecule has 98 valence electrons. The van der Waals surface area contributed by atoms with E-state index in [4.69, 9.17) is 0 Å². The molecular formula is C14H15BrN4. The molecule has 1 aromatic heterocycles. The summed E-state index contributed by atoms with van der Waals surface area (Å²) in [6.07, 6.45) is 1.13. The molecule has 1 aliphatic rings. The van der Waals surface area contributed by atoms with Gasteiger partial charge in [-0.25, -0.2) is 0 Å². The van der Waals surface area contributed by atoms with E-state index in [0.29, 0.717) is 6.04 Å². The summed E-state index contributed by atoms with van der Waals surface area (Å²) in [6, 6.07) is 12.5. The van der Waals surface area contributed by atoms with Gasteiger partial charge in [-0.05, 0) is 31.2 Å². The highest BCUT2D eigenvalue weighted by Crippen LogP contribution is 2.26. The van der Waals surface area contributed by atoms with Crippen LogP contribution in [0, 0.1) is 0 Å². The summed E-state index contributed by atoms with van der Waals surface area (Å²) >= 11 is 3.53. The number of nitrogens with zero attached hydrogens (tertiary/aromatic N) is 2. The first-order valence-electron chi connectivity index (χ1n) is 6.39. The number of anilines is 1. The van der Waals surface area contributed by atoms with Gasteiger partial charge in [0.1, 0.15) is 5.82 Å². The Kier molecular flexibility index (Phi) is 3.75. The predicted octanol–water partition coefficient (Wildman–Crippen LogP) is 2.68. The van der Waals surface area contributed by atoms with Gasteiger partial charge in [-0.3, -0.25) is 0 Å². The number of aromatic nitrogens is 2. The average Bonchev–Trinajstić information content (AvgIpc) is 2.93. The maximum Gasteiger partial charge on any atom is 0.148 e. The quantitative estimate of drug-likeness (QED) is 0.913. The summed E-state index contributed by atoms with van der Waals surface area (Å²) < 4.78 is 1.03. The van der Waals surface area contributed by atoms with E-state index in [2.05, 4.69) is 36.8 Å². The highest BCUT2D eigenvalue weighted by molar-refractivity contribution is 9.10. The van der Waals surface area contributed by atoms with E-state index < -0.39 is 0 Å². The molecule has 1 unspecified atom stereocenters. The third-order valence-electron chi connectivity index (χ3n) is 3.23. The fourth-order valence-electron chi connectivity index (χ4n) is 2.21. The van der Waals surface area contributed by atoms with Crippen LogP contribution < -0.4 is 10.6 Å². The van der Waals surface area contributed by atoms with Crippen molar-refractivity contribution in [3.8, 4) is 11.3 Å². The summed E-state index contributed by atoms with van der Waals surface area (Å²) in [7, 11) is 0. The molecule has 0 saturated carbocycles. The number of nitrogens with one attached hydrogen (secondary N) is 2. The molecule has 1 saturated heterocycles. The van der Waals surface area contributed by atoms with Crippen LogP contribution >= 0.6 is 15.9 Å². The predicted molar refractivity (Wildman–Crippen MR) is 80.1 cm³/mol. The Bertz CT molecular complexity index is 550. The molecule has 2 N–H and O–H groups in total. The monoisotopic (exact) mass is 318 g/mol. The first-order chi connectivity index (χ1) is 9.33. The van der Waals surface area contributed by atoms with Gasteiger partial charge in [-0.1, -0.05) is 34.1 Å². The molecule has 0 aliphatic carbocycles. The highest BCUT2D eigenvalue weighted by atomic mass is 79.9. The summed E-state index contributed by atoms with van der Waals surface area (Å²) in [5, 5.41) is 15.2. The second kappa shape index (κ2) is 5.67. The van der Waals surface area contributed by atoms with E-state index in [9.17, 15) is 0 Å². The van der Waals surface area contributed by atoms with Crippen LogP contribution in [0.3, 0.4) is 0 Å². The Balaban J connectivity index is 1.77. The molecule has 4 nitrogen and oxygen atoms in total. The Hall–Kier alpha value is -1.46. The van der Waals surface area contributed by atoms with Crippen molar-refractivity contribution in [3.63, 3.8) is 0 Å². The van der Waals surface area contributed by atoms with Crippen molar-refractivity contribution >= 4 is 21.7 Å². The van der Waals surface area contributed by atoms with E-state index in [1.54, 1.807) is 0 Å². The minimum Gasteiger partial charge on any atom is -0.365 e. The Morgan fingerprint density at radius 3 is 2.74 bits per heavy atom. The summed E-state index contributed by atoms with van der Waals surface area (Å²) in [6.45, 7) is 2.06. The smallest absolute Gasteiger partial charge is 0.148 e. The van der Waals surface area contributed by atoms with Gasteiger partial charge in [0.25, 0.3) is 0 Å². The maximum absolute atomic E-state index is 4.29. The topological polar surface area (TPSA) is 49.8 Å². The van der Waals surface area contributed by atoms with Crippen LogP contribution in [0.1, 0.15) is 6.42 Å². The Labute approximate surface area is 120 Å². The van der Waals surface area contributed by atoms with E-state index >= 15 is 0 Å². The molecule has 0 radical (unpaired) electrons. The number of hydrogen-bond donors (Lipinski definition) is 2. The first-order valence-corrected chi connectivity index (χ1v) is 7.18. The number of halogens is 1. The fraction of sp³-hybridized carbons (Fsp3) is 0.286. The maximum atomic E-state index is 4.29. The first kappa shape index (κ1) is 12.6. The van der Waals surface area contributed by atoms with Gasteiger partial charge < -0.3 is 10.6 Å².